The number of carbonyl (C=O) groups is 3. The number of aromatic nitrogens is 1. The number of nitrogens with zero attached hydrogens (tertiary/aromatic N) is 2. The number of non-ortho nitro benzene ring substituents is 1. The van der Waals surface area contributed by atoms with E-state index in [-0.39, 0.29) is 17.3 Å². The zero-order chi connectivity index (χ0) is 30.1. The number of anilines is 2. The molecular formula is C31H27N5O5S. The lowest BCUT2D eigenvalue weighted by Crippen LogP contribution is -2.30. The van der Waals surface area contributed by atoms with E-state index in [4.69, 9.17) is 0 Å². The van der Waals surface area contributed by atoms with Crippen LogP contribution in [0.5, 0.6) is 0 Å². The number of carbonyl (C=O) groups excluding carboxylic acids is 3. The van der Waals surface area contributed by atoms with Crippen molar-refractivity contribution in [2.45, 2.75) is 24.0 Å². The number of benzene rings is 3. The number of hydrogen-bond acceptors (Lipinski definition) is 7. The van der Waals surface area contributed by atoms with E-state index < -0.39 is 22.0 Å². The standard InChI is InChI=1S/C31H27N5O5S/c1-20-16-25(36(40)41)13-14-27(20)34-29(37)21(2)42-26-12-6-11-24(18-26)33-31(39)28(17-22-8-7-15-32-19-22)35-30(38)23-9-4-3-5-10-23/h3-19,21H,1-2H3,(H,33,39)(H,34,37)(H,35,38)/b28-17-. The Kier molecular flexibility index (Phi) is 9.80. The molecule has 4 aromatic rings. The molecule has 1 unspecified atom stereocenters. The summed E-state index contributed by atoms with van der Waals surface area (Å²) >= 11 is 1.28. The summed E-state index contributed by atoms with van der Waals surface area (Å²) in [5.74, 6) is -1.25. The van der Waals surface area contributed by atoms with Crippen LogP contribution in [0.3, 0.4) is 0 Å². The fourth-order valence-corrected chi connectivity index (χ4v) is 4.74. The number of amides is 3. The van der Waals surface area contributed by atoms with Crippen LogP contribution in [0, 0.1) is 17.0 Å². The van der Waals surface area contributed by atoms with Crippen LogP contribution in [0.25, 0.3) is 6.08 Å². The maximum Gasteiger partial charge on any atom is 0.272 e. The van der Waals surface area contributed by atoms with Crippen LogP contribution in [0.15, 0.2) is 108 Å². The quantitative estimate of drug-likeness (QED) is 0.0926. The molecule has 0 spiro atoms. The Bertz CT molecular complexity index is 1640. The molecule has 11 heteroatoms. The lowest BCUT2D eigenvalue weighted by Gasteiger charge is -2.15. The smallest absolute Gasteiger partial charge is 0.272 e. The van der Waals surface area contributed by atoms with Crippen molar-refractivity contribution in [3.05, 3.63) is 130 Å². The molecule has 42 heavy (non-hydrogen) atoms. The molecule has 212 valence electrons. The number of aryl methyl sites for hydroxylation is 1. The van der Waals surface area contributed by atoms with Crippen LogP contribution in [0.2, 0.25) is 0 Å². The van der Waals surface area contributed by atoms with Gasteiger partial charge in [0.25, 0.3) is 17.5 Å². The molecule has 1 aromatic heterocycles. The average molecular weight is 582 g/mol. The second kappa shape index (κ2) is 13.9. The zero-order valence-electron chi connectivity index (χ0n) is 22.7. The van der Waals surface area contributed by atoms with Gasteiger partial charge in [0.15, 0.2) is 0 Å². The predicted molar refractivity (Wildman–Crippen MR) is 163 cm³/mol. The number of rotatable bonds is 10. The van der Waals surface area contributed by atoms with E-state index in [1.54, 1.807) is 86.9 Å². The summed E-state index contributed by atoms with van der Waals surface area (Å²) in [6.07, 6.45) is 4.72. The zero-order valence-corrected chi connectivity index (χ0v) is 23.6. The van der Waals surface area contributed by atoms with Crippen molar-refractivity contribution >= 4 is 52.6 Å². The summed E-state index contributed by atoms with van der Waals surface area (Å²) in [5.41, 5.74) is 2.54. The fraction of sp³-hybridized carbons (Fsp3) is 0.0968. The minimum atomic E-state index is -0.537. The molecule has 4 rings (SSSR count). The molecule has 0 fully saturated rings. The van der Waals surface area contributed by atoms with Gasteiger partial charge >= 0.3 is 0 Å². The van der Waals surface area contributed by atoms with Gasteiger partial charge in [-0.3, -0.25) is 29.5 Å². The van der Waals surface area contributed by atoms with E-state index in [0.717, 1.165) is 4.90 Å². The summed E-state index contributed by atoms with van der Waals surface area (Å²) in [4.78, 5) is 54.2. The lowest BCUT2D eigenvalue weighted by atomic mass is 10.2. The second-order valence-electron chi connectivity index (χ2n) is 9.15. The van der Waals surface area contributed by atoms with Crippen molar-refractivity contribution < 1.29 is 19.3 Å². The van der Waals surface area contributed by atoms with E-state index in [1.807, 2.05) is 6.07 Å². The molecule has 0 aliphatic heterocycles. The van der Waals surface area contributed by atoms with Crippen LogP contribution < -0.4 is 16.0 Å². The Morgan fingerprint density at radius 1 is 0.952 bits per heavy atom. The first-order chi connectivity index (χ1) is 20.2. The predicted octanol–water partition coefficient (Wildman–Crippen LogP) is 5.83. The number of nitro benzene ring substituents is 1. The number of hydrogen-bond donors (Lipinski definition) is 3. The first-order valence-corrected chi connectivity index (χ1v) is 13.7. The molecule has 0 saturated heterocycles. The molecule has 1 atom stereocenters. The molecule has 0 aliphatic carbocycles. The van der Waals surface area contributed by atoms with Crippen molar-refractivity contribution in [2.75, 3.05) is 10.6 Å². The Labute approximate surface area is 246 Å². The van der Waals surface area contributed by atoms with Gasteiger partial charge in [0.05, 0.1) is 10.2 Å². The van der Waals surface area contributed by atoms with Crippen LogP contribution in [-0.4, -0.2) is 32.9 Å². The average Bonchev–Trinajstić information content (AvgIpc) is 2.98. The van der Waals surface area contributed by atoms with Crippen LogP contribution >= 0.6 is 11.8 Å². The molecular weight excluding hydrogens is 554 g/mol. The Hall–Kier alpha value is -5.29. The monoisotopic (exact) mass is 581 g/mol. The van der Waals surface area contributed by atoms with Gasteiger partial charge in [0, 0.05) is 46.4 Å². The van der Waals surface area contributed by atoms with Crippen molar-refractivity contribution in [1.29, 1.82) is 0 Å². The molecule has 1 heterocycles. The lowest BCUT2D eigenvalue weighted by molar-refractivity contribution is -0.384. The number of nitrogens with one attached hydrogen (secondary N) is 3. The molecule has 3 N–H and O–H groups in total. The molecule has 3 amide bonds. The van der Waals surface area contributed by atoms with Gasteiger partial charge in [0.1, 0.15) is 5.70 Å². The molecule has 10 nitrogen and oxygen atoms in total. The minimum Gasteiger partial charge on any atom is -0.325 e. The SMILES string of the molecule is Cc1cc([N+](=O)[O-])ccc1NC(=O)C(C)Sc1cccc(NC(=O)/C(=C/c2cccnc2)NC(=O)c2ccccc2)c1. The van der Waals surface area contributed by atoms with Gasteiger partial charge in [-0.25, -0.2) is 0 Å². The highest BCUT2D eigenvalue weighted by Crippen LogP contribution is 2.28. The van der Waals surface area contributed by atoms with Crippen LogP contribution in [0.4, 0.5) is 17.1 Å². The van der Waals surface area contributed by atoms with Gasteiger partial charge in [-0.05, 0) is 73.5 Å². The molecule has 0 bridgehead atoms. The van der Waals surface area contributed by atoms with Crippen molar-refractivity contribution in [2.24, 2.45) is 0 Å². The van der Waals surface area contributed by atoms with Crippen molar-refractivity contribution in [1.82, 2.24) is 10.3 Å². The summed E-state index contributed by atoms with van der Waals surface area (Å²) in [7, 11) is 0. The third-order valence-corrected chi connectivity index (χ3v) is 7.07. The normalized spacial score (nSPS) is 11.7. The van der Waals surface area contributed by atoms with E-state index in [1.165, 1.54) is 36.0 Å². The highest BCUT2D eigenvalue weighted by molar-refractivity contribution is 8.00. The summed E-state index contributed by atoms with van der Waals surface area (Å²) in [6, 6.07) is 23.3. The Morgan fingerprint density at radius 3 is 2.43 bits per heavy atom. The largest absolute Gasteiger partial charge is 0.325 e. The first-order valence-electron chi connectivity index (χ1n) is 12.8. The fourth-order valence-electron chi connectivity index (χ4n) is 3.81. The second-order valence-corrected chi connectivity index (χ2v) is 10.6. The molecule has 0 saturated carbocycles. The van der Waals surface area contributed by atoms with Gasteiger partial charge in [-0.15, -0.1) is 11.8 Å². The third kappa shape index (κ3) is 8.12. The van der Waals surface area contributed by atoms with Crippen molar-refractivity contribution in [3.63, 3.8) is 0 Å². The summed E-state index contributed by atoms with van der Waals surface area (Å²) < 4.78 is 0. The number of nitro groups is 1. The maximum atomic E-state index is 13.3. The topological polar surface area (TPSA) is 143 Å². The molecule has 3 aromatic carbocycles. The highest BCUT2D eigenvalue weighted by atomic mass is 32.2. The summed E-state index contributed by atoms with van der Waals surface area (Å²) in [5, 5.41) is 18.8. The summed E-state index contributed by atoms with van der Waals surface area (Å²) in [6.45, 7) is 3.42. The van der Waals surface area contributed by atoms with Crippen LogP contribution in [-0.2, 0) is 9.59 Å². The maximum absolute atomic E-state index is 13.3. The molecule has 0 aliphatic rings. The van der Waals surface area contributed by atoms with Gasteiger partial charge < -0.3 is 16.0 Å². The van der Waals surface area contributed by atoms with E-state index >= 15 is 0 Å². The van der Waals surface area contributed by atoms with E-state index in [0.29, 0.717) is 28.1 Å². The van der Waals surface area contributed by atoms with E-state index in [2.05, 4.69) is 20.9 Å². The molecule has 0 radical (unpaired) electrons. The Morgan fingerprint density at radius 2 is 1.74 bits per heavy atom. The minimum absolute atomic E-state index is 0.0288. The highest BCUT2D eigenvalue weighted by Gasteiger charge is 2.18. The Balaban J connectivity index is 1.45. The van der Waals surface area contributed by atoms with Crippen molar-refractivity contribution in [3.8, 4) is 0 Å². The third-order valence-electron chi connectivity index (χ3n) is 5.98. The number of pyridine rings is 1. The number of thioether (sulfide) groups is 1. The van der Waals surface area contributed by atoms with Crippen LogP contribution in [0.1, 0.15) is 28.4 Å². The van der Waals surface area contributed by atoms with E-state index in [9.17, 15) is 24.5 Å². The first kappa shape index (κ1) is 29.7. The van der Waals surface area contributed by atoms with Gasteiger partial charge in [0.2, 0.25) is 5.91 Å². The van der Waals surface area contributed by atoms with Gasteiger partial charge in [-0.1, -0.05) is 30.3 Å². The van der Waals surface area contributed by atoms with Gasteiger partial charge in [-0.2, -0.15) is 0 Å².